The first-order valence-electron chi connectivity index (χ1n) is 6.57. The van der Waals surface area contributed by atoms with E-state index < -0.39 is 0 Å². The number of amides is 1. The minimum Gasteiger partial charge on any atom is -0.495 e. The second-order valence-electron chi connectivity index (χ2n) is 4.66. The molecule has 0 aliphatic rings. The molecular weight excluding hydrogens is 298 g/mol. The molecule has 2 aromatic rings. The third kappa shape index (κ3) is 3.62. The van der Waals surface area contributed by atoms with Gasteiger partial charge in [0.05, 0.1) is 12.8 Å². The van der Waals surface area contributed by atoms with Gasteiger partial charge in [-0.25, -0.2) is 0 Å². The summed E-state index contributed by atoms with van der Waals surface area (Å²) in [5, 5.41) is 25.2. The SMILES string of the molecule is COc1ccc(C(=O)N(C)C)cc1NC=C(C#N)c1nn[nH]n1. The molecule has 1 aromatic heterocycles. The lowest BCUT2D eigenvalue weighted by atomic mass is 10.1. The van der Waals surface area contributed by atoms with Gasteiger partial charge in [0.25, 0.3) is 5.91 Å². The fourth-order valence-electron chi connectivity index (χ4n) is 1.78. The number of hydrogen-bond donors (Lipinski definition) is 2. The largest absolute Gasteiger partial charge is 0.495 e. The quantitative estimate of drug-likeness (QED) is 0.786. The van der Waals surface area contributed by atoms with Crippen LogP contribution in [0, 0.1) is 11.3 Å². The zero-order valence-corrected chi connectivity index (χ0v) is 12.9. The Morgan fingerprint density at radius 2 is 2.26 bits per heavy atom. The Labute approximate surface area is 132 Å². The molecule has 0 aliphatic carbocycles. The van der Waals surface area contributed by atoms with Crippen molar-refractivity contribution in [1.82, 2.24) is 25.5 Å². The fourth-order valence-corrected chi connectivity index (χ4v) is 1.78. The maximum Gasteiger partial charge on any atom is 0.253 e. The Morgan fingerprint density at radius 1 is 1.48 bits per heavy atom. The third-order valence-electron chi connectivity index (χ3n) is 2.93. The lowest BCUT2D eigenvalue weighted by Crippen LogP contribution is -2.21. The summed E-state index contributed by atoms with van der Waals surface area (Å²) in [5.74, 6) is 0.555. The summed E-state index contributed by atoms with van der Waals surface area (Å²) in [7, 11) is 4.86. The molecular formula is C14H15N7O2. The lowest BCUT2D eigenvalue weighted by molar-refractivity contribution is 0.0827. The molecule has 2 rings (SSSR count). The van der Waals surface area contributed by atoms with Gasteiger partial charge >= 0.3 is 0 Å². The van der Waals surface area contributed by atoms with Crippen LogP contribution >= 0.6 is 0 Å². The van der Waals surface area contributed by atoms with Crippen LogP contribution in [0.25, 0.3) is 5.57 Å². The third-order valence-corrected chi connectivity index (χ3v) is 2.93. The molecule has 9 nitrogen and oxygen atoms in total. The molecule has 23 heavy (non-hydrogen) atoms. The number of nitrogens with one attached hydrogen (secondary N) is 2. The number of methoxy groups -OCH3 is 1. The zero-order chi connectivity index (χ0) is 16.8. The van der Waals surface area contributed by atoms with Gasteiger partial charge in [0.1, 0.15) is 17.4 Å². The Bertz CT molecular complexity index is 760. The molecule has 1 heterocycles. The summed E-state index contributed by atoms with van der Waals surface area (Å²) >= 11 is 0. The van der Waals surface area contributed by atoms with Crippen molar-refractivity contribution in [2.75, 3.05) is 26.5 Å². The highest BCUT2D eigenvalue weighted by Crippen LogP contribution is 2.26. The second kappa shape index (κ2) is 7.04. The number of benzene rings is 1. The average Bonchev–Trinajstić information content (AvgIpc) is 3.08. The molecule has 0 saturated heterocycles. The number of carbonyl (C=O) groups is 1. The van der Waals surface area contributed by atoms with E-state index in [9.17, 15) is 4.79 Å². The van der Waals surface area contributed by atoms with Crippen molar-refractivity contribution in [2.45, 2.75) is 0 Å². The second-order valence-corrected chi connectivity index (χ2v) is 4.66. The van der Waals surface area contributed by atoms with Crippen LogP contribution in [-0.2, 0) is 0 Å². The maximum absolute atomic E-state index is 12.0. The molecule has 0 spiro atoms. The molecule has 2 N–H and O–H groups in total. The van der Waals surface area contributed by atoms with Gasteiger partial charge in [-0.2, -0.15) is 10.5 Å². The smallest absolute Gasteiger partial charge is 0.253 e. The number of H-pyrrole nitrogens is 1. The predicted octanol–water partition coefficient (Wildman–Crippen LogP) is 0.887. The van der Waals surface area contributed by atoms with Gasteiger partial charge in [-0.3, -0.25) is 4.79 Å². The van der Waals surface area contributed by atoms with E-state index in [2.05, 4.69) is 25.9 Å². The molecule has 0 saturated carbocycles. The minimum absolute atomic E-state index is 0.140. The predicted molar refractivity (Wildman–Crippen MR) is 82.4 cm³/mol. The van der Waals surface area contributed by atoms with Crippen LogP contribution in [0.2, 0.25) is 0 Å². The highest BCUT2D eigenvalue weighted by molar-refractivity contribution is 5.95. The van der Waals surface area contributed by atoms with E-state index in [1.807, 2.05) is 6.07 Å². The molecule has 0 aliphatic heterocycles. The standard InChI is InChI=1S/C14H15N7O2/c1-21(2)14(22)9-4-5-12(23-3)11(6-9)16-8-10(7-15)13-17-19-20-18-13/h4-6,8,16H,1-3H3,(H,17,18,19,20). The summed E-state index contributed by atoms with van der Waals surface area (Å²) in [4.78, 5) is 13.5. The molecule has 9 heteroatoms. The highest BCUT2D eigenvalue weighted by atomic mass is 16.5. The van der Waals surface area contributed by atoms with Crippen LogP contribution in [0.4, 0.5) is 5.69 Å². The van der Waals surface area contributed by atoms with E-state index in [0.29, 0.717) is 17.0 Å². The summed E-state index contributed by atoms with van der Waals surface area (Å²) < 4.78 is 5.25. The molecule has 0 atom stereocenters. The average molecular weight is 313 g/mol. The van der Waals surface area contributed by atoms with Gasteiger partial charge in [0.2, 0.25) is 5.82 Å². The van der Waals surface area contributed by atoms with E-state index in [1.54, 1.807) is 32.3 Å². The van der Waals surface area contributed by atoms with Crippen LogP contribution in [0.1, 0.15) is 16.2 Å². The van der Waals surface area contributed by atoms with Crippen molar-refractivity contribution >= 4 is 17.2 Å². The van der Waals surface area contributed by atoms with Gasteiger partial charge in [-0.05, 0) is 23.4 Å². The number of ether oxygens (including phenoxy) is 1. The Balaban J connectivity index is 2.32. The Kier molecular flexibility index (Phi) is 4.89. The van der Waals surface area contributed by atoms with Crippen LogP contribution in [0.15, 0.2) is 24.4 Å². The van der Waals surface area contributed by atoms with Gasteiger partial charge in [0.15, 0.2) is 0 Å². The van der Waals surface area contributed by atoms with Crippen molar-refractivity contribution in [3.63, 3.8) is 0 Å². The summed E-state index contributed by atoms with van der Waals surface area (Å²) in [6.07, 6.45) is 1.42. The van der Waals surface area contributed by atoms with Crippen molar-refractivity contribution in [2.24, 2.45) is 0 Å². The van der Waals surface area contributed by atoms with E-state index in [0.717, 1.165) is 0 Å². The molecule has 0 fully saturated rings. The normalized spacial score (nSPS) is 10.8. The number of aromatic nitrogens is 4. The number of anilines is 1. The Hall–Kier alpha value is -3.41. The molecule has 118 valence electrons. The molecule has 0 bridgehead atoms. The van der Waals surface area contributed by atoms with Crippen LogP contribution in [-0.4, -0.2) is 52.6 Å². The zero-order valence-electron chi connectivity index (χ0n) is 12.9. The maximum atomic E-state index is 12.0. The summed E-state index contributed by atoms with van der Waals surface area (Å²) in [6, 6.07) is 6.95. The summed E-state index contributed by atoms with van der Waals surface area (Å²) in [6.45, 7) is 0. The number of allylic oxidation sites excluding steroid dienone is 1. The van der Waals surface area contributed by atoms with E-state index in [-0.39, 0.29) is 17.3 Å². The van der Waals surface area contributed by atoms with Crippen molar-refractivity contribution in [1.29, 1.82) is 5.26 Å². The van der Waals surface area contributed by atoms with Gasteiger partial charge < -0.3 is 15.0 Å². The number of nitrogens with zero attached hydrogens (tertiary/aromatic N) is 5. The van der Waals surface area contributed by atoms with Crippen LogP contribution in [0.5, 0.6) is 5.75 Å². The first-order chi connectivity index (χ1) is 11.1. The van der Waals surface area contributed by atoms with Gasteiger partial charge in [0, 0.05) is 25.9 Å². The van der Waals surface area contributed by atoms with Crippen LogP contribution in [0.3, 0.4) is 0 Å². The van der Waals surface area contributed by atoms with E-state index >= 15 is 0 Å². The van der Waals surface area contributed by atoms with Crippen molar-refractivity contribution < 1.29 is 9.53 Å². The molecule has 1 aromatic carbocycles. The lowest BCUT2D eigenvalue weighted by Gasteiger charge is -2.13. The number of carbonyl (C=O) groups excluding carboxylic acids is 1. The minimum atomic E-state index is -0.140. The Morgan fingerprint density at radius 3 is 2.83 bits per heavy atom. The number of tetrazole rings is 1. The first kappa shape index (κ1) is 16.0. The number of hydrogen-bond acceptors (Lipinski definition) is 7. The van der Waals surface area contributed by atoms with Crippen LogP contribution < -0.4 is 10.1 Å². The number of aromatic amines is 1. The van der Waals surface area contributed by atoms with E-state index in [1.165, 1.54) is 18.2 Å². The molecule has 1 amide bonds. The van der Waals surface area contributed by atoms with Crippen molar-refractivity contribution in [3.8, 4) is 11.8 Å². The topological polar surface area (TPSA) is 120 Å². The van der Waals surface area contributed by atoms with Gasteiger partial charge in [-0.1, -0.05) is 0 Å². The van der Waals surface area contributed by atoms with Crippen molar-refractivity contribution in [3.05, 3.63) is 35.8 Å². The first-order valence-corrected chi connectivity index (χ1v) is 6.57. The fraction of sp³-hybridized carbons (Fsp3) is 0.214. The summed E-state index contributed by atoms with van der Waals surface area (Å²) in [5.41, 5.74) is 1.21. The van der Waals surface area contributed by atoms with E-state index in [4.69, 9.17) is 10.00 Å². The molecule has 0 radical (unpaired) electrons. The molecule has 0 unspecified atom stereocenters. The monoisotopic (exact) mass is 313 g/mol. The number of rotatable bonds is 5. The highest BCUT2D eigenvalue weighted by Gasteiger charge is 2.12. The van der Waals surface area contributed by atoms with Gasteiger partial charge in [-0.15, -0.1) is 10.2 Å². The number of nitriles is 1.